The molecule has 0 aliphatic carbocycles. The number of nitrogens with two attached hydrogens (primary N) is 1. The van der Waals surface area contributed by atoms with Gasteiger partial charge >= 0.3 is 6.36 Å². The van der Waals surface area contributed by atoms with E-state index in [0.717, 1.165) is 27.4 Å². The van der Waals surface area contributed by atoms with Gasteiger partial charge in [0.05, 0.1) is 28.7 Å². The van der Waals surface area contributed by atoms with Gasteiger partial charge in [0.1, 0.15) is 23.9 Å². The highest BCUT2D eigenvalue weighted by atomic mass is 19.4. The number of nitrogens with zero attached hydrogens (tertiary/aromatic N) is 4. The number of anilines is 1. The molecule has 11 heteroatoms. The Morgan fingerprint density at radius 3 is 2.56 bits per heavy atom. The summed E-state index contributed by atoms with van der Waals surface area (Å²) in [5, 5.41) is 5.78. The Morgan fingerprint density at radius 1 is 1.08 bits per heavy atom. The molecule has 0 radical (unpaired) electrons. The number of pyridine rings is 1. The summed E-state index contributed by atoms with van der Waals surface area (Å²) < 4.78 is 48.9. The highest BCUT2D eigenvalue weighted by Crippen LogP contribution is 2.39. The zero-order valence-electron chi connectivity index (χ0n) is 20.9. The van der Waals surface area contributed by atoms with Gasteiger partial charge in [-0.05, 0) is 47.5 Å². The smallest absolute Gasteiger partial charge is 0.491 e. The number of halogens is 3. The standard InChI is InChI=1S/C28H22F3N5O3/c1-35(27(37)17-6-10-22-20(11-17)25-21(26(32)34-22)13-33-36(25)2)23-14-38-24-12-16(5-9-19(23)24)15-3-7-18(8-4-15)39-28(29,30)31/h3-13,23H,14H2,1-2H3,(H2,32,34)/t23-/m1/s1. The van der Waals surface area contributed by atoms with E-state index in [0.29, 0.717) is 28.2 Å². The molecule has 0 spiro atoms. The number of benzene rings is 3. The van der Waals surface area contributed by atoms with Gasteiger partial charge in [-0.15, -0.1) is 13.2 Å². The van der Waals surface area contributed by atoms with E-state index in [-0.39, 0.29) is 24.3 Å². The van der Waals surface area contributed by atoms with Crippen molar-refractivity contribution in [1.82, 2.24) is 19.7 Å². The predicted octanol–water partition coefficient (Wildman–Crippen LogP) is 5.48. The van der Waals surface area contributed by atoms with Crippen molar-refractivity contribution in [3.05, 3.63) is 78.0 Å². The van der Waals surface area contributed by atoms with E-state index < -0.39 is 6.36 Å². The van der Waals surface area contributed by atoms with Crippen molar-refractivity contribution in [2.24, 2.45) is 7.05 Å². The molecule has 2 N–H and O–H groups in total. The number of fused-ring (bicyclic) bond motifs is 4. The van der Waals surface area contributed by atoms with E-state index >= 15 is 0 Å². The first kappa shape index (κ1) is 24.5. The Labute approximate surface area is 220 Å². The molecule has 39 heavy (non-hydrogen) atoms. The van der Waals surface area contributed by atoms with Gasteiger partial charge in [0.25, 0.3) is 5.91 Å². The summed E-state index contributed by atoms with van der Waals surface area (Å²) in [6.45, 7) is 0.275. The average molecular weight is 534 g/mol. The number of alkyl halides is 3. The fourth-order valence-corrected chi connectivity index (χ4v) is 4.98. The van der Waals surface area contributed by atoms with E-state index in [9.17, 15) is 18.0 Å². The van der Waals surface area contributed by atoms with Gasteiger partial charge in [-0.2, -0.15) is 5.10 Å². The summed E-state index contributed by atoms with van der Waals surface area (Å²) in [5.74, 6) is 0.518. The Morgan fingerprint density at radius 2 is 1.82 bits per heavy atom. The molecule has 0 bridgehead atoms. The number of ether oxygens (including phenoxy) is 2. The topological polar surface area (TPSA) is 95.5 Å². The molecule has 6 rings (SSSR count). The lowest BCUT2D eigenvalue weighted by Gasteiger charge is -2.24. The van der Waals surface area contributed by atoms with Crippen LogP contribution in [0.1, 0.15) is 22.0 Å². The van der Waals surface area contributed by atoms with Crippen molar-refractivity contribution < 1.29 is 27.4 Å². The molecule has 8 nitrogen and oxygen atoms in total. The Balaban J connectivity index is 1.26. The molecule has 0 saturated carbocycles. The van der Waals surface area contributed by atoms with Crippen molar-refractivity contribution in [1.29, 1.82) is 0 Å². The van der Waals surface area contributed by atoms with Gasteiger partial charge < -0.3 is 20.1 Å². The first-order chi connectivity index (χ1) is 18.6. The summed E-state index contributed by atoms with van der Waals surface area (Å²) in [5.41, 5.74) is 10.4. The number of rotatable bonds is 4. The van der Waals surface area contributed by atoms with Gasteiger partial charge in [0.2, 0.25) is 0 Å². The lowest BCUT2D eigenvalue weighted by molar-refractivity contribution is -0.274. The zero-order valence-corrected chi connectivity index (χ0v) is 20.9. The van der Waals surface area contributed by atoms with Crippen molar-refractivity contribution in [2.75, 3.05) is 19.4 Å². The van der Waals surface area contributed by atoms with E-state index in [1.54, 1.807) is 53.2 Å². The van der Waals surface area contributed by atoms with E-state index in [4.69, 9.17) is 10.5 Å². The van der Waals surface area contributed by atoms with Crippen LogP contribution in [0.15, 0.2) is 66.9 Å². The van der Waals surface area contributed by atoms with Gasteiger partial charge in [-0.1, -0.05) is 24.3 Å². The maximum Gasteiger partial charge on any atom is 0.573 e. The van der Waals surface area contributed by atoms with Crippen LogP contribution in [0.25, 0.3) is 32.9 Å². The zero-order chi connectivity index (χ0) is 27.5. The number of nitrogen functional groups attached to an aromatic ring is 1. The Bertz CT molecular complexity index is 1750. The number of carbonyl (C=O) groups is 1. The molecule has 5 aromatic rings. The van der Waals surface area contributed by atoms with Crippen molar-refractivity contribution in [2.45, 2.75) is 12.4 Å². The highest BCUT2D eigenvalue weighted by molar-refractivity contribution is 6.10. The molecular formula is C28H22F3N5O3. The number of aryl methyl sites for hydroxylation is 1. The lowest BCUT2D eigenvalue weighted by atomic mass is 10.00. The number of hydrogen-bond donors (Lipinski definition) is 1. The molecule has 3 aromatic carbocycles. The molecule has 0 saturated heterocycles. The van der Waals surface area contributed by atoms with Gasteiger partial charge in [-0.3, -0.25) is 9.48 Å². The van der Waals surface area contributed by atoms with Crippen molar-refractivity contribution in [3.63, 3.8) is 0 Å². The first-order valence-electron chi connectivity index (χ1n) is 12.0. The van der Waals surface area contributed by atoms with Gasteiger partial charge in [0.15, 0.2) is 0 Å². The third-order valence-corrected chi connectivity index (χ3v) is 6.93. The minimum atomic E-state index is -4.75. The average Bonchev–Trinajstić information content (AvgIpc) is 3.51. The number of carbonyl (C=O) groups excluding carboxylic acids is 1. The van der Waals surface area contributed by atoms with Crippen molar-refractivity contribution >= 4 is 33.5 Å². The van der Waals surface area contributed by atoms with Gasteiger partial charge in [-0.25, -0.2) is 4.98 Å². The van der Waals surface area contributed by atoms with Crippen LogP contribution in [-0.2, 0) is 7.05 Å². The van der Waals surface area contributed by atoms with Crippen LogP contribution in [0.3, 0.4) is 0 Å². The summed E-state index contributed by atoms with van der Waals surface area (Å²) in [6, 6.07) is 16.1. The van der Waals surface area contributed by atoms with E-state index in [2.05, 4.69) is 14.8 Å². The fraction of sp³-hybridized carbons (Fsp3) is 0.179. The predicted molar refractivity (Wildman–Crippen MR) is 139 cm³/mol. The number of likely N-dealkylation sites (N-methyl/N-ethyl adjacent to an activating group) is 1. The second-order valence-corrected chi connectivity index (χ2v) is 9.33. The van der Waals surface area contributed by atoms with Crippen LogP contribution in [0.4, 0.5) is 19.0 Å². The quantitative estimate of drug-likeness (QED) is 0.329. The maximum absolute atomic E-state index is 13.5. The second kappa shape index (κ2) is 8.90. The number of hydrogen-bond acceptors (Lipinski definition) is 6. The molecule has 0 unspecified atom stereocenters. The summed E-state index contributed by atoms with van der Waals surface area (Å²) in [7, 11) is 3.54. The SMILES string of the molecule is CN(C(=O)c1ccc2nc(N)c3cnn(C)c3c2c1)[C@@H]1COc2cc(-c3ccc(OC(F)(F)F)cc3)ccc21. The van der Waals surface area contributed by atoms with Crippen LogP contribution in [0.5, 0.6) is 11.5 Å². The first-order valence-corrected chi connectivity index (χ1v) is 12.0. The largest absolute Gasteiger partial charge is 0.573 e. The van der Waals surface area contributed by atoms with Gasteiger partial charge in [0, 0.05) is 30.6 Å². The van der Waals surface area contributed by atoms with E-state index in [1.165, 1.54) is 12.1 Å². The van der Waals surface area contributed by atoms with E-state index in [1.807, 2.05) is 25.2 Å². The van der Waals surface area contributed by atoms with Crippen LogP contribution in [-0.4, -0.2) is 45.6 Å². The van der Waals surface area contributed by atoms with Crippen LogP contribution >= 0.6 is 0 Å². The normalized spacial score (nSPS) is 14.8. The van der Waals surface area contributed by atoms with Crippen LogP contribution in [0.2, 0.25) is 0 Å². The highest BCUT2D eigenvalue weighted by Gasteiger charge is 2.32. The second-order valence-electron chi connectivity index (χ2n) is 9.33. The Kier molecular flexibility index (Phi) is 5.60. The minimum absolute atomic E-state index is 0.185. The third-order valence-electron chi connectivity index (χ3n) is 6.93. The molecule has 0 fully saturated rings. The molecular weight excluding hydrogens is 511 g/mol. The number of amides is 1. The molecule has 1 aliphatic rings. The van der Waals surface area contributed by atoms with Crippen molar-refractivity contribution in [3.8, 4) is 22.6 Å². The summed E-state index contributed by atoms with van der Waals surface area (Å²) in [4.78, 5) is 19.6. The third kappa shape index (κ3) is 4.35. The summed E-state index contributed by atoms with van der Waals surface area (Å²) >= 11 is 0. The maximum atomic E-state index is 13.5. The molecule has 2 aromatic heterocycles. The Hall–Kier alpha value is -4.80. The molecule has 3 heterocycles. The molecule has 198 valence electrons. The molecule has 1 amide bonds. The fourth-order valence-electron chi connectivity index (χ4n) is 4.98. The molecule has 1 aliphatic heterocycles. The monoisotopic (exact) mass is 533 g/mol. The number of aromatic nitrogens is 3. The summed E-state index contributed by atoms with van der Waals surface area (Å²) in [6.07, 6.45) is -3.09. The molecule has 1 atom stereocenters. The van der Waals surface area contributed by atoms with Crippen LogP contribution < -0.4 is 15.2 Å². The minimum Gasteiger partial charge on any atom is -0.491 e. The van der Waals surface area contributed by atoms with Crippen LogP contribution in [0, 0.1) is 0 Å². The lowest BCUT2D eigenvalue weighted by Crippen LogP contribution is -2.32.